The van der Waals surface area contributed by atoms with Gasteiger partial charge in [-0.2, -0.15) is 5.21 Å². The van der Waals surface area contributed by atoms with Crippen LogP contribution in [-0.2, 0) is 11.3 Å². The zero-order valence-corrected chi connectivity index (χ0v) is 13.6. The van der Waals surface area contributed by atoms with E-state index in [0.717, 1.165) is 22.4 Å². The second kappa shape index (κ2) is 6.35. The van der Waals surface area contributed by atoms with E-state index in [4.69, 9.17) is 4.74 Å². The molecule has 25 heavy (non-hydrogen) atoms. The van der Waals surface area contributed by atoms with Crippen molar-refractivity contribution in [2.75, 3.05) is 0 Å². The smallest absolute Gasteiger partial charge is 0.261 e. The molecule has 4 rings (SSSR count). The molecule has 0 fully saturated rings. The number of amides is 1. The summed E-state index contributed by atoms with van der Waals surface area (Å²) in [6, 6.07) is 15.4. The molecule has 0 saturated carbocycles. The first-order chi connectivity index (χ1) is 12.2. The lowest BCUT2D eigenvalue weighted by atomic mass is 9.97. The molecule has 0 aliphatic carbocycles. The highest BCUT2D eigenvalue weighted by Crippen LogP contribution is 2.37. The van der Waals surface area contributed by atoms with E-state index in [9.17, 15) is 4.79 Å². The predicted octanol–water partition coefficient (Wildman–Crippen LogP) is 2.05. The van der Waals surface area contributed by atoms with Crippen molar-refractivity contribution < 1.29 is 9.53 Å². The Bertz CT molecular complexity index is 877. The van der Waals surface area contributed by atoms with Gasteiger partial charge >= 0.3 is 0 Å². The average Bonchev–Trinajstić information content (AvgIpc) is 3.29. The molecule has 2 heterocycles. The van der Waals surface area contributed by atoms with Crippen LogP contribution in [0.25, 0.3) is 11.4 Å². The molecule has 0 saturated heterocycles. The molecule has 1 aliphatic heterocycles. The van der Waals surface area contributed by atoms with Crippen LogP contribution in [0.3, 0.4) is 0 Å². The van der Waals surface area contributed by atoms with Gasteiger partial charge in [0.2, 0.25) is 5.82 Å². The van der Waals surface area contributed by atoms with Crippen LogP contribution in [0, 0.1) is 0 Å². The molecule has 0 bridgehead atoms. The van der Waals surface area contributed by atoms with Crippen molar-refractivity contribution in [3.8, 4) is 17.1 Å². The molecule has 1 aromatic heterocycles. The highest BCUT2D eigenvalue weighted by atomic mass is 16.5. The number of aromatic amines is 1. The van der Waals surface area contributed by atoms with Gasteiger partial charge in [0, 0.05) is 23.6 Å². The van der Waals surface area contributed by atoms with Gasteiger partial charge in [0.1, 0.15) is 5.75 Å². The van der Waals surface area contributed by atoms with E-state index < -0.39 is 6.10 Å². The Morgan fingerprint density at radius 3 is 2.72 bits per heavy atom. The van der Waals surface area contributed by atoms with Crippen LogP contribution in [-0.4, -0.2) is 32.6 Å². The van der Waals surface area contributed by atoms with Gasteiger partial charge in [-0.15, -0.1) is 10.2 Å². The van der Waals surface area contributed by atoms with E-state index in [1.165, 1.54) is 0 Å². The normalized spacial score (nSPS) is 18.4. The summed E-state index contributed by atoms with van der Waals surface area (Å²) in [5, 5.41) is 16.8. The van der Waals surface area contributed by atoms with Crippen LogP contribution in [0.2, 0.25) is 0 Å². The summed E-state index contributed by atoms with van der Waals surface area (Å²) in [7, 11) is 0. The molecule has 2 atom stereocenters. The van der Waals surface area contributed by atoms with Crippen LogP contribution in [0.15, 0.2) is 48.5 Å². The Kier molecular flexibility index (Phi) is 3.89. The number of rotatable bonds is 4. The van der Waals surface area contributed by atoms with E-state index >= 15 is 0 Å². The molecule has 0 unspecified atom stereocenters. The maximum atomic E-state index is 12.5. The quantitative estimate of drug-likeness (QED) is 0.761. The highest BCUT2D eigenvalue weighted by Gasteiger charge is 2.35. The topological polar surface area (TPSA) is 92.8 Å². The number of hydrogen-bond acceptors (Lipinski definition) is 5. The summed E-state index contributed by atoms with van der Waals surface area (Å²) in [6.45, 7) is 2.45. The molecule has 3 aromatic rings. The van der Waals surface area contributed by atoms with Gasteiger partial charge in [0.15, 0.2) is 6.10 Å². The molecule has 7 nitrogen and oxygen atoms in total. The minimum atomic E-state index is -0.490. The van der Waals surface area contributed by atoms with Gasteiger partial charge < -0.3 is 10.1 Å². The predicted molar refractivity (Wildman–Crippen MR) is 90.7 cm³/mol. The third kappa shape index (κ3) is 2.96. The number of H-pyrrole nitrogens is 1. The number of hydrogen-bond donors (Lipinski definition) is 2. The summed E-state index contributed by atoms with van der Waals surface area (Å²) in [4.78, 5) is 12.5. The first kappa shape index (κ1) is 15.3. The molecule has 0 radical (unpaired) electrons. The van der Waals surface area contributed by atoms with Crippen molar-refractivity contribution in [1.82, 2.24) is 25.9 Å². The zero-order chi connectivity index (χ0) is 17.2. The van der Waals surface area contributed by atoms with Gasteiger partial charge in [-0.3, -0.25) is 4.79 Å². The zero-order valence-electron chi connectivity index (χ0n) is 13.6. The molecular formula is C18H17N5O2. The highest BCUT2D eigenvalue weighted by molar-refractivity contribution is 5.83. The number of nitrogens with one attached hydrogen (secondary N) is 2. The molecule has 7 heteroatoms. The monoisotopic (exact) mass is 335 g/mol. The number of benzene rings is 2. The summed E-state index contributed by atoms with van der Waals surface area (Å²) in [5.41, 5.74) is 2.93. The SMILES string of the molecule is C[C@H]1c2ccccc2O[C@H]1C(=O)NCc1ccc(-c2nn[nH]n2)cc1. The number of ether oxygens (including phenoxy) is 1. The Hall–Kier alpha value is -3.22. The van der Waals surface area contributed by atoms with Crippen molar-refractivity contribution in [3.63, 3.8) is 0 Å². The number of fused-ring (bicyclic) bond motifs is 1. The lowest BCUT2D eigenvalue weighted by molar-refractivity contribution is -0.128. The van der Waals surface area contributed by atoms with Crippen LogP contribution < -0.4 is 10.1 Å². The third-order valence-electron chi connectivity index (χ3n) is 4.40. The van der Waals surface area contributed by atoms with Crippen molar-refractivity contribution in [2.45, 2.75) is 25.5 Å². The van der Waals surface area contributed by atoms with Crippen LogP contribution in [0.5, 0.6) is 5.75 Å². The second-order valence-corrected chi connectivity index (χ2v) is 6.02. The summed E-state index contributed by atoms with van der Waals surface area (Å²) in [6.07, 6.45) is -0.490. The standard InChI is InChI=1S/C18H17N5O2/c1-11-14-4-2-3-5-15(14)25-16(11)18(24)19-10-12-6-8-13(9-7-12)17-20-22-23-21-17/h2-9,11,16H,10H2,1H3,(H,19,24)(H,20,21,22,23)/t11-,16+/m0/s1. The number of para-hydroxylation sites is 1. The number of carbonyl (C=O) groups excluding carboxylic acids is 1. The lowest BCUT2D eigenvalue weighted by Gasteiger charge is -2.15. The van der Waals surface area contributed by atoms with Gasteiger partial charge in [0.05, 0.1) is 0 Å². The summed E-state index contributed by atoms with van der Waals surface area (Å²) < 4.78 is 5.80. The summed E-state index contributed by atoms with van der Waals surface area (Å²) in [5.74, 6) is 1.27. The van der Waals surface area contributed by atoms with Crippen LogP contribution in [0.4, 0.5) is 0 Å². The molecule has 2 N–H and O–H groups in total. The van der Waals surface area contributed by atoms with E-state index in [1.807, 2.05) is 55.5 Å². The van der Waals surface area contributed by atoms with Gasteiger partial charge in [0.25, 0.3) is 5.91 Å². The van der Waals surface area contributed by atoms with E-state index in [-0.39, 0.29) is 11.8 Å². The molecule has 2 aromatic carbocycles. The molecule has 0 spiro atoms. The number of nitrogens with zero attached hydrogens (tertiary/aromatic N) is 3. The fraction of sp³-hybridized carbons (Fsp3) is 0.222. The number of carbonyl (C=O) groups is 1. The lowest BCUT2D eigenvalue weighted by Crippen LogP contribution is -2.38. The maximum Gasteiger partial charge on any atom is 0.261 e. The average molecular weight is 335 g/mol. The minimum Gasteiger partial charge on any atom is -0.480 e. The maximum absolute atomic E-state index is 12.5. The number of tetrazole rings is 1. The van der Waals surface area contributed by atoms with Crippen molar-refractivity contribution in [2.24, 2.45) is 0 Å². The first-order valence-corrected chi connectivity index (χ1v) is 8.08. The fourth-order valence-corrected chi connectivity index (χ4v) is 2.99. The van der Waals surface area contributed by atoms with E-state index in [2.05, 4.69) is 25.9 Å². The second-order valence-electron chi connectivity index (χ2n) is 6.02. The number of aromatic nitrogens is 4. The van der Waals surface area contributed by atoms with E-state index in [1.54, 1.807) is 0 Å². The fourth-order valence-electron chi connectivity index (χ4n) is 2.99. The van der Waals surface area contributed by atoms with Gasteiger partial charge in [-0.05, 0) is 16.8 Å². The Morgan fingerprint density at radius 1 is 1.20 bits per heavy atom. The van der Waals surface area contributed by atoms with Crippen molar-refractivity contribution >= 4 is 5.91 Å². The Labute approximate surface area is 144 Å². The first-order valence-electron chi connectivity index (χ1n) is 8.08. The van der Waals surface area contributed by atoms with Crippen LogP contribution in [0.1, 0.15) is 24.0 Å². The third-order valence-corrected chi connectivity index (χ3v) is 4.40. The Balaban J connectivity index is 1.38. The van der Waals surface area contributed by atoms with Crippen molar-refractivity contribution in [3.05, 3.63) is 59.7 Å². The van der Waals surface area contributed by atoms with Crippen molar-refractivity contribution in [1.29, 1.82) is 0 Å². The largest absolute Gasteiger partial charge is 0.480 e. The molecule has 1 aliphatic rings. The molecule has 126 valence electrons. The molecule has 1 amide bonds. The Morgan fingerprint density at radius 2 is 2.00 bits per heavy atom. The van der Waals surface area contributed by atoms with E-state index in [0.29, 0.717) is 12.4 Å². The minimum absolute atomic E-state index is 0.0387. The summed E-state index contributed by atoms with van der Waals surface area (Å²) >= 11 is 0. The van der Waals surface area contributed by atoms with Crippen LogP contribution >= 0.6 is 0 Å². The molecular weight excluding hydrogens is 318 g/mol. The van der Waals surface area contributed by atoms with Gasteiger partial charge in [-0.25, -0.2) is 0 Å². The van der Waals surface area contributed by atoms with Gasteiger partial charge in [-0.1, -0.05) is 49.4 Å².